The first kappa shape index (κ1) is 16.3. The molecule has 0 nitrogen and oxygen atoms in total. The molecule has 0 saturated carbocycles. The Morgan fingerprint density at radius 2 is 1.25 bits per heavy atom. The van der Waals surface area contributed by atoms with E-state index in [0.29, 0.717) is 0 Å². The summed E-state index contributed by atoms with van der Waals surface area (Å²) in [4.78, 5) is 0. The maximum atomic E-state index is 4.15. The molecule has 4 heteroatoms. The predicted octanol–water partition coefficient (Wildman–Crippen LogP) is -0.116. The molecule has 0 saturated heterocycles. The molecule has 0 unspecified atom stereocenters. The standard InChI is InChI=1S/Ga.S.Sn.Zn. The second kappa shape index (κ2) is 18.6. The van der Waals surface area contributed by atoms with Gasteiger partial charge >= 0.3 is 26.9 Å². The summed E-state index contributed by atoms with van der Waals surface area (Å²) in [5, 5.41) is 0. The summed E-state index contributed by atoms with van der Waals surface area (Å²) >= 11 is 1.27. The van der Waals surface area contributed by atoms with E-state index in [4.69, 9.17) is 0 Å². The third kappa shape index (κ3) is 8.86. The Labute approximate surface area is 69.3 Å². The molecule has 0 aromatic carbocycles. The van der Waals surface area contributed by atoms with E-state index in [-0.39, 0.29) is 43.4 Å². The van der Waals surface area contributed by atoms with Crippen molar-refractivity contribution in [3.63, 3.8) is 0 Å². The van der Waals surface area contributed by atoms with Crippen LogP contribution in [0, 0.1) is 0 Å². The van der Waals surface area contributed by atoms with Gasteiger partial charge in [-0.3, -0.25) is 0 Å². The predicted molar refractivity (Wildman–Crippen MR) is 19.1 cm³/mol. The Bertz CT molecular complexity index is 8.00. The van der Waals surface area contributed by atoms with Gasteiger partial charge in [-0.1, -0.05) is 0 Å². The Morgan fingerprint density at radius 1 is 1.25 bits per heavy atom. The van der Waals surface area contributed by atoms with Gasteiger partial charge in [0.2, 0.25) is 0 Å². The molecule has 0 atom stereocenters. The second-order valence-corrected chi connectivity index (χ2v) is 0. The molecule has 0 N–H and O–H groups in total. The van der Waals surface area contributed by atoms with Crippen LogP contribution in [0.4, 0.5) is 0 Å². The van der Waals surface area contributed by atoms with Crippen molar-refractivity contribution in [2.24, 2.45) is 0 Å². The van der Waals surface area contributed by atoms with Crippen LogP contribution in [0.15, 0.2) is 0 Å². The average molecular weight is 286 g/mol. The van der Waals surface area contributed by atoms with E-state index >= 15 is 0 Å². The fourth-order valence-corrected chi connectivity index (χ4v) is 0. The second-order valence-electron chi connectivity index (χ2n) is 0. The number of rotatable bonds is 0. The van der Waals surface area contributed by atoms with Gasteiger partial charge in [-0.2, -0.15) is 0 Å². The van der Waals surface area contributed by atoms with Crippen LogP contribution < -0.4 is 0 Å². The van der Waals surface area contributed by atoms with Gasteiger partial charge in [0.1, 0.15) is 0 Å². The monoisotopic (exact) mass is 285 g/mol. The van der Waals surface area contributed by atoms with Crippen molar-refractivity contribution in [1.82, 2.24) is 0 Å². The van der Waals surface area contributed by atoms with E-state index in [1.54, 1.807) is 0 Å². The fourth-order valence-electron chi connectivity index (χ4n) is 0. The maximum Gasteiger partial charge on any atom is 0 e. The summed E-state index contributed by atoms with van der Waals surface area (Å²) in [5.74, 6) is 0. The minimum Gasteiger partial charge on any atom is 0 e. The minimum atomic E-state index is 0. The summed E-state index contributed by atoms with van der Waals surface area (Å²) < 4.78 is 0. The molecule has 0 aliphatic carbocycles. The van der Waals surface area contributed by atoms with Gasteiger partial charge < -0.3 is 0 Å². The number of hydrogen-bond acceptors (Lipinski definition) is 1. The molecule has 4 heavy (non-hydrogen) atoms. The van der Waals surface area contributed by atoms with Gasteiger partial charge in [-0.25, -0.2) is 0 Å². The molecule has 0 aliphatic heterocycles. The molecule has 0 fully saturated rings. The first-order valence-corrected chi connectivity index (χ1v) is 3.67. The molecular formula is GaSSnZn. The van der Waals surface area contributed by atoms with Crippen molar-refractivity contribution in [2.75, 3.05) is 0 Å². The molecule has 0 bridgehead atoms. The normalized spacial score (nSPS) is 0.750. The third-order valence-electron chi connectivity index (χ3n) is 0. The molecule has 0 heterocycles. The first-order valence-electron chi connectivity index (χ1n) is 0.236. The van der Waals surface area contributed by atoms with Crippen molar-refractivity contribution in [3.05, 3.63) is 0 Å². The van der Waals surface area contributed by atoms with Crippen LogP contribution in [-0.2, 0) is 19.5 Å². The quantitative estimate of drug-likeness (QED) is 0.560. The Balaban J connectivity index is -0.00000000500. The largest absolute Gasteiger partial charge is 0 e. The minimum absolute atomic E-state index is 0. The summed E-state index contributed by atoms with van der Waals surface area (Å²) in [6.07, 6.45) is 0. The molecule has 5 radical (unpaired) electrons. The number of hydrogen-bond donors (Lipinski definition) is 0. The van der Waals surface area contributed by atoms with Crippen molar-refractivity contribution in [2.45, 2.75) is 0 Å². The van der Waals surface area contributed by atoms with Crippen LogP contribution in [0.25, 0.3) is 0 Å². The third-order valence-corrected chi connectivity index (χ3v) is 0. The molecule has 0 aliphatic rings. The smallest absolute Gasteiger partial charge is 0 e. The molecular weight excluding hydrogens is 286 g/mol. The first-order chi connectivity index (χ1) is 1.00. The summed E-state index contributed by atoms with van der Waals surface area (Å²) in [6, 6.07) is 0. The van der Waals surface area contributed by atoms with Crippen LogP contribution in [-0.4, -0.2) is 40.7 Å². The summed E-state index contributed by atoms with van der Waals surface area (Å²) in [7, 11) is 4.15. The van der Waals surface area contributed by atoms with Gasteiger partial charge in [-0.05, 0) is 0 Å². The molecule has 0 aromatic heterocycles. The van der Waals surface area contributed by atoms with Gasteiger partial charge in [0.15, 0.2) is 0 Å². The molecule has 0 spiro atoms. The van der Waals surface area contributed by atoms with Crippen molar-refractivity contribution in [1.29, 1.82) is 0 Å². The zero-order chi connectivity index (χ0) is 2.00. The Hall–Kier alpha value is 2.28. The topological polar surface area (TPSA) is 0 Å². The van der Waals surface area contributed by atoms with E-state index in [9.17, 15) is 0 Å². The zero-order valence-corrected chi connectivity index (χ0v) is 11.3. The van der Waals surface area contributed by atoms with Crippen molar-refractivity contribution >= 4 is 50.8 Å². The maximum absolute atomic E-state index is 4.15. The van der Waals surface area contributed by atoms with E-state index in [2.05, 4.69) is 10.1 Å². The zero-order valence-electron chi connectivity index (χ0n) is 2.19. The van der Waals surface area contributed by atoms with Crippen LogP contribution in [0.2, 0.25) is 0 Å². The van der Waals surface area contributed by atoms with Gasteiger partial charge in [0, 0.05) is 43.4 Å². The van der Waals surface area contributed by atoms with Gasteiger partial charge in [0.25, 0.3) is 0 Å². The Morgan fingerprint density at radius 3 is 1.25 bits per heavy atom. The van der Waals surface area contributed by atoms with E-state index < -0.39 is 0 Å². The molecule has 15 valence electrons. The van der Waals surface area contributed by atoms with Crippen LogP contribution in [0.1, 0.15) is 0 Å². The van der Waals surface area contributed by atoms with Crippen LogP contribution in [0.5, 0.6) is 0 Å². The van der Waals surface area contributed by atoms with Gasteiger partial charge in [-0.15, -0.1) is 0 Å². The summed E-state index contributed by atoms with van der Waals surface area (Å²) in [5.41, 5.74) is 0. The van der Waals surface area contributed by atoms with Crippen LogP contribution in [0.3, 0.4) is 0 Å². The molecule has 0 amide bonds. The van der Waals surface area contributed by atoms with Crippen LogP contribution >= 0.6 is 10.1 Å². The van der Waals surface area contributed by atoms with E-state index in [0.717, 1.165) is 0 Å². The SMILES string of the molecule is [S]=[Ga].[Sn].[Zn]. The molecule has 0 rings (SSSR count). The Kier molecular flexibility index (Phi) is 75.7. The summed E-state index contributed by atoms with van der Waals surface area (Å²) in [6.45, 7) is 0. The van der Waals surface area contributed by atoms with Crippen molar-refractivity contribution < 1.29 is 19.5 Å². The van der Waals surface area contributed by atoms with Gasteiger partial charge in [0.05, 0.1) is 0 Å². The van der Waals surface area contributed by atoms with Crippen molar-refractivity contribution in [3.8, 4) is 0 Å². The average Bonchev–Trinajstić information content (AvgIpc) is 1.00. The fraction of sp³-hybridized carbons (Fsp3) is 0. The van der Waals surface area contributed by atoms with E-state index in [1.165, 1.54) is 16.8 Å². The molecule has 0 aromatic rings. The van der Waals surface area contributed by atoms with E-state index in [1.807, 2.05) is 0 Å².